The largest absolute Gasteiger partial charge is 0.461 e. The van der Waals surface area contributed by atoms with Gasteiger partial charge in [-0.05, 0) is 26.9 Å². The molecule has 1 fully saturated rings. The number of hydrogen-bond donors (Lipinski definition) is 1. The smallest absolute Gasteiger partial charge is 0.320 e. The van der Waals surface area contributed by atoms with E-state index in [1.54, 1.807) is 7.05 Å². The third kappa shape index (κ3) is 3.74. The zero-order chi connectivity index (χ0) is 9.68. The first-order valence-electron chi connectivity index (χ1n) is 4.75. The molecular formula is C9H18N2O2. The average Bonchev–Trinajstić information content (AvgIpc) is 2.09. The SMILES string of the molecule is CNCC(=O)OC1CCN(C)CC1. The van der Waals surface area contributed by atoms with Crippen LogP contribution in [0.4, 0.5) is 0 Å². The molecule has 0 saturated carbocycles. The number of likely N-dealkylation sites (N-methyl/N-ethyl adjacent to an activating group) is 1. The highest BCUT2D eigenvalue weighted by Gasteiger charge is 2.19. The van der Waals surface area contributed by atoms with Gasteiger partial charge >= 0.3 is 5.97 Å². The first kappa shape index (κ1) is 10.5. The van der Waals surface area contributed by atoms with Crippen LogP contribution in [-0.2, 0) is 9.53 Å². The van der Waals surface area contributed by atoms with Crippen LogP contribution in [0.5, 0.6) is 0 Å². The molecule has 0 aliphatic carbocycles. The zero-order valence-corrected chi connectivity index (χ0v) is 8.38. The standard InChI is InChI=1S/C9H18N2O2/c1-10-7-9(12)13-8-3-5-11(2)6-4-8/h8,10H,3-7H2,1-2H3. The fourth-order valence-corrected chi connectivity index (χ4v) is 1.47. The number of rotatable bonds is 3. The molecule has 1 rings (SSSR count). The number of ether oxygens (including phenoxy) is 1. The second-order valence-corrected chi connectivity index (χ2v) is 3.52. The molecule has 0 aromatic carbocycles. The number of piperidine rings is 1. The number of esters is 1. The highest BCUT2D eigenvalue weighted by Crippen LogP contribution is 2.11. The number of hydrogen-bond acceptors (Lipinski definition) is 4. The van der Waals surface area contributed by atoms with Gasteiger partial charge in [0.05, 0.1) is 6.54 Å². The van der Waals surface area contributed by atoms with Gasteiger partial charge in [0.15, 0.2) is 0 Å². The minimum absolute atomic E-state index is 0.136. The van der Waals surface area contributed by atoms with Gasteiger partial charge in [0.25, 0.3) is 0 Å². The Morgan fingerprint density at radius 1 is 1.54 bits per heavy atom. The molecule has 0 unspecified atom stereocenters. The van der Waals surface area contributed by atoms with Gasteiger partial charge in [0, 0.05) is 13.1 Å². The van der Waals surface area contributed by atoms with Crippen molar-refractivity contribution in [1.29, 1.82) is 0 Å². The summed E-state index contributed by atoms with van der Waals surface area (Å²) in [6.45, 7) is 2.36. The van der Waals surface area contributed by atoms with Gasteiger partial charge in [-0.15, -0.1) is 0 Å². The Morgan fingerprint density at radius 2 is 2.15 bits per heavy atom. The van der Waals surface area contributed by atoms with Gasteiger partial charge in [-0.2, -0.15) is 0 Å². The molecule has 4 nitrogen and oxygen atoms in total. The maximum atomic E-state index is 11.1. The monoisotopic (exact) mass is 186 g/mol. The Labute approximate surface area is 79.2 Å². The first-order chi connectivity index (χ1) is 6.22. The fraction of sp³-hybridized carbons (Fsp3) is 0.889. The predicted molar refractivity (Wildman–Crippen MR) is 50.5 cm³/mol. The topological polar surface area (TPSA) is 41.6 Å². The van der Waals surface area contributed by atoms with Crippen molar-refractivity contribution < 1.29 is 9.53 Å². The van der Waals surface area contributed by atoms with Crippen molar-refractivity contribution in [3.05, 3.63) is 0 Å². The molecule has 76 valence electrons. The van der Waals surface area contributed by atoms with Crippen LogP contribution in [0.15, 0.2) is 0 Å². The molecule has 1 aliphatic heterocycles. The zero-order valence-electron chi connectivity index (χ0n) is 8.38. The summed E-state index contributed by atoms with van der Waals surface area (Å²) in [7, 11) is 3.83. The van der Waals surface area contributed by atoms with E-state index >= 15 is 0 Å². The van der Waals surface area contributed by atoms with E-state index in [1.165, 1.54) is 0 Å². The van der Waals surface area contributed by atoms with E-state index in [4.69, 9.17) is 4.74 Å². The molecule has 0 radical (unpaired) electrons. The molecule has 4 heteroatoms. The van der Waals surface area contributed by atoms with Crippen molar-refractivity contribution in [2.45, 2.75) is 18.9 Å². The molecule has 0 aromatic heterocycles. The number of carbonyl (C=O) groups excluding carboxylic acids is 1. The van der Waals surface area contributed by atoms with Crippen molar-refractivity contribution in [3.63, 3.8) is 0 Å². The lowest BCUT2D eigenvalue weighted by Crippen LogP contribution is -2.36. The van der Waals surface area contributed by atoms with E-state index < -0.39 is 0 Å². The number of nitrogens with one attached hydrogen (secondary N) is 1. The van der Waals surface area contributed by atoms with Crippen LogP contribution < -0.4 is 5.32 Å². The van der Waals surface area contributed by atoms with Crippen molar-refractivity contribution in [2.24, 2.45) is 0 Å². The molecule has 0 aromatic rings. The molecule has 1 N–H and O–H groups in total. The Bertz CT molecular complexity index is 165. The van der Waals surface area contributed by atoms with Crippen molar-refractivity contribution >= 4 is 5.97 Å². The van der Waals surface area contributed by atoms with Crippen molar-refractivity contribution in [2.75, 3.05) is 33.7 Å². The Hall–Kier alpha value is -0.610. The van der Waals surface area contributed by atoms with Gasteiger partial charge in [0.2, 0.25) is 0 Å². The van der Waals surface area contributed by atoms with Crippen LogP contribution in [0.25, 0.3) is 0 Å². The molecule has 0 atom stereocenters. The average molecular weight is 186 g/mol. The van der Waals surface area contributed by atoms with Crippen LogP contribution in [0.1, 0.15) is 12.8 Å². The van der Waals surface area contributed by atoms with Gasteiger partial charge in [-0.1, -0.05) is 0 Å². The van der Waals surface area contributed by atoms with E-state index in [0.29, 0.717) is 6.54 Å². The van der Waals surface area contributed by atoms with Crippen LogP contribution >= 0.6 is 0 Å². The summed E-state index contributed by atoms with van der Waals surface area (Å²) in [5, 5.41) is 2.78. The minimum atomic E-state index is -0.142. The van der Waals surface area contributed by atoms with Crippen LogP contribution in [0.2, 0.25) is 0 Å². The lowest BCUT2D eigenvalue weighted by Gasteiger charge is -2.28. The molecule has 1 heterocycles. The van der Waals surface area contributed by atoms with Gasteiger partial charge in [-0.25, -0.2) is 0 Å². The number of carbonyl (C=O) groups is 1. The van der Waals surface area contributed by atoms with Crippen molar-refractivity contribution in [1.82, 2.24) is 10.2 Å². The van der Waals surface area contributed by atoms with E-state index in [2.05, 4.69) is 17.3 Å². The molecule has 1 aliphatic rings. The minimum Gasteiger partial charge on any atom is -0.461 e. The molecule has 0 bridgehead atoms. The molecule has 13 heavy (non-hydrogen) atoms. The third-order valence-electron chi connectivity index (χ3n) is 2.28. The summed E-state index contributed by atoms with van der Waals surface area (Å²) < 4.78 is 5.25. The normalized spacial score (nSPS) is 20.2. The maximum Gasteiger partial charge on any atom is 0.320 e. The molecule has 0 spiro atoms. The second-order valence-electron chi connectivity index (χ2n) is 3.52. The van der Waals surface area contributed by atoms with E-state index in [1.807, 2.05) is 0 Å². The predicted octanol–water partition coefficient (Wildman–Crippen LogP) is -0.157. The van der Waals surface area contributed by atoms with Crippen LogP contribution in [0.3, 0.4) is 0 Å². The maximum absolute atomic E-state index is 11.1. The van der Waals surface area contributed by atoms with E-state index in [-0.39, 0.29) is 12.1 Å². The summed E-state index contributed by atoms with van der Waals surface area (Å²) in [5.74, 6) is -0.142. The lowest BCUT2D eigenvalue weighted by molar-refractivity contribution is -0.149. The molecular weight excluding hydrogens is 168 g/mol. The molecule has 1 saturated heterocycles. The lowest BCUT2D eigenvalue weighted by atomic mass is 10.1. The summed E-state index contributed by atoms with van der Waals surface area (Å²) in [4.78, 5) is 13.3. The first-order valence-corrected chi connectivity index (χ1v) is 4.75. The van der Waals surface area contributed by atoms with Gasteiger partial charge in [0.1, 0.15) is 6.10 Å². The summed E-state index contributed by atoms with van der Waals surface area (Å²) in [6, 6.07) is 0. The van der Waals surface area contributed by atoms with Gasteiger partial charge < -0.3 is 15.0 Å². The summed E-state index contributed by atoms with van der Waals surface area (Å²) >= 11 is 0. The number of likely N-dealkylation sites (tertiary alicyclic amines) is 1. The fourth-order valence-electron chi connectivity index (χ4n) is 1.47. The van der Waals surface area contributed by atoms with Crippen LogP contribution in [0, 0.1) is 0 Å². The van der Waals surface area contributed by atoms with Crippen molar-refractivity contribution in [3.8, 4) is 0 Å². The Balaban J connectivity index is 2.18. The summed E-state index contributed by atoms with van der Waals surface area (Å²) in [6.07, 6.45) is 2.06. The van der Waals surface area contributed by atoms with E-state index in [9.17, 15) is 4.79 Å². The second kappa shape index (κ2) is 5.19. The van der Waals surface area contributed by atoms with Crippen LogP contribution in [-0.4, -0.2) is 50.7 Å². The Morgan fingerprint density at radius 3 is 2.69 bits per heavy atom. The van der Waals surface area contributed by atoms with E-state index in [0.717, 1.165) is 25.9 Å². The highest BCUT2D eigenvalue weighted by atomic mass is 16.5. The third-order valence-corrected chi connectivity index (χ3v) is 2.28. The molecule has 0 amide bonds. The quantitative estimate of drug-likeness (QED) is 0.622. The summed E-state index contributed by atoms with van der Waals surface area (Å²) in [5.41, 5.74) is 0. The number of nitrogens with zero attached hydrogens (tertiary/aromatic N) is 1. The van der Waals surface area contributed by atoms with Gasteiger partial charge in [-0.3, -0.25) is 4.79 Å². The highest BCUT2D eigenvalue weighted by molar-refractivity contribution is 5.71. The Kier molecular flexibility index (Phi) is 4.18.